The highest BCUT2D eigenvalue weighted by molar-refractivity contribution is 6.35. The van der Waals surface area contributed by atoms with Crippen molar-refractivity contribution in [1.29, 1.82) is 0 Å². The first kappa shape index (κ1) is 14.0. The van der Waals surface area contributed by atoms with Gasteiger partial charge in [0, 0.05) is 6.04 Å². The number of carbonyl (C=O) groups excluding carboxylic acids is 2. The van der Waals surface area contributed by atoms with E-state index >= 15 is 0 Å². The van der Waals surface area contributed by atoms with Gasteiger partial charge in [-0.05, 0) is 30.9 Å². The third-order valence-electron chi connectivity index (χ3n) is 2.75. The molecule has 0 saturated heterocycles. The molecule has 0 aromatic heterocycles. The van der Waals surface area contributed by atoms with Gasteiger partial charge in [-0.1, -0.05) is 36.4 Å². The van der Waals surface area contributed by atoms with Gasteiger partial charge in [0.05, 0.1) is 6.21 Å². The van der Waals surface area contributed by atoms with E-state index in [1.165, 1.54) is 6.21 Å². The van der Waals surface area contributed by atoms with Crippen molar-refractivity contribution >= 4 is 24.1 Å². The van der Waals surface area contributed by atoms with E-state index in [1.54, 1.807) is 0 Å². The van der Waals surface area contributed by atoms with Gasteiger partial charge in [-0.2, -0.15) is 5.10 Å². The molecule has 0 unspecified atom stereocenters. The number of hydrazone groups is 1. The molecular formula is C15H17N3O2. The van der Waals surface area contributed by atoms with Crippen LogP contribution < -0.4 is 10.7 Å². The average molecular weight is 271 g/mol. The number of nitrogens with one attached hydrogen (secondary N) is 2. The minimum Gasteiger partial charge on any atom is -0.345 e. The Morgan fingerprint density at radius 3 is 2.55 bits per heavy atom. The van der Waals surface area contributed by atoms with Crippen molar-refractivity contribution in [3.63, 3.8) is 0 Å². The maximum atomic E-state index is 11.4. The molecule has 1 aromatic rings. The van der Waals surface area contributed by atoms with E-state index in [4.69, 9.17) is 0 Å². The first-order valence-corrected chi connectivity index (χ1v) is 6.52. The molecular weight excluding hydrogens is 254 g/mol. The van der Waals surface area contributed by atoms with Gasteiger partial charge in [0.1, 0.15) is 0 Å². The summed E-state index contributed by atoms with van der Waals surface area (Å²) in [5, 5.41) is 6.35. The smallest absolute Gasteiger partial charge is 0.329 e. The fraction of sp³-hybridized carbons (Fsp3) is 0.267. The Morgan fingerprint density at radius 1 is 1.20 bits per heavy atom. The monoisotopic (exact) mass is 271 g/mol. The van der Waals surface area contributed by atoms with Crippen molar-refractivity contribution in [1.82, 2.24) is 10.7 Å². The van der Waals surface area contributed by atoms with Gasteiger partial charge in [-0.3, -0.25) is 9.59 Å². The maximum absolute atomic E-state index is 11.4. The van der Waals surface area contributed by atoms with Crippen LogP contribution in [0.1, 0.15) is 25.3 Å². The molecule has 104 valence electrons. The second-order valence-electron chi connectivity index (χ2n) is 4.75. The van der Waals surface area contributed by atoms with Crippen molar-refractivity contribution in [2.45, 2.75) is 25.8 Å². The van der Waals surface area contributed by atoms with Crippen LogP contribution in [0.25, 0.3) is 6.08 Å². The topological polar surface area (TPSA) is 70.6 Å². The van der Waals surface area contributed by atoms with Gasteiger partial charge in [-0.15, -0.1) is 0 Å². The highest BCUT2D eigenvalue weighted by atomic mass is 16.2. The maximum Gasteiger partial charge on any atom is 0.329 e. The summed E-state index contributed by atoms with van der Waals surface area (Å²) >= 11 is 0. The largest absolute Gasteiger partial charge is 0.345 e. The SMILES string of the molecule is CC(/C=N\NC(=O)C(=O)NC1CC1)=C\c1ccccc1. The quantitative estimate of drug-likeness (QED) is 0.494. The molecule has 1 aromatic carbocycles. The van der Waals surface area contributed by atoms with E-state index in [-0.39, 0.29) is 6.04 Å². The van der Waals surface area contributed by atoms with Crippen molar-refractivity contribution in [3.8, 4) is 0 Å². The first-order valence-electron chi connectivity index (χ1n) is 6.52. The van der Waals surface area contributed by atoms with E-state index in [0.717, 1.165) is 24.0 Å². The number of carbonyl (C=O) groups is 2. The second kappa shape index (κ2) is 6.65. The Bertz CT molecular complexity index is 545. The first-order chi connectivity index (χ1) is 9.65. The van der Waals surface area contributed by atoms with Gasteiger partial charge < -0.3 is 5.32 Å². The summed E-state index contributed by atoms with van der Waals surface area (Å²) in [6.45, 7) is 1.87. The Kier molecular flexibility index (Phi) is 4.65. The predicted octanol–water partition coefficient (Wildman–Crippen LogP) is 1.47. The molecule has 0 radical (unpaired) electrons. The van der Waals surface area contributed by atoms with Crippen LogP contribution in [0.4, 0.5) is 0 Å². The zero-order valence-electron chi connectivity index (χ0n) is 11.3. The zero-order chi connectivity index (χ0) is 14.4. The van der Waals surface area contributed by atoms with Gasteiger partial charge in [0.2, 0.25) is 0 Å². The second-order valence-corrected chi connectivity index (χ2v) is 4.75. The summed E-state index contributed by atoms with van der Waals surface area (Å²) in [4.78, 5) is 22.7. The normalized spacial score (nSPS) is 15.2. The van der Waals surface area contributed by atoms with Gasteiger partial charge >= 0.3 is 11.8 Å². The summed E-state index contributed by atoms with van der Waals surface area (Å²) in [6.07, 6.45) is 5.33. The summed E-state index contributed by atoms with van der Waals surface area (Å²) < 4.78 is 0. The molecule has 0 atom stereocenters. The molecule has 2 amide bonds. The average Bonchev–Trinajstić information content (AvgIpc) is 3.23. The molecule has 2 rings (SSSR count). The zero-order valence-corrected chi connectivity index (χ0v) is 11.3. The summed E-state index contributed by atoms with van der Waals surface area (Å²) in [6, 6.07) is 9.94. The molecule has 0 spiro atoms. The molecule has 5 heteroatoms. The minimum absolute atomic E-state index is 0.164. The van der Waals surface area contributed by atoms with Crippen molar-refractivity contribution in [2.24, 2.45) is 5.10 Å². The third kappa shape index (κ3) is 4.68. The Morgan fingerprint density at radius 2 is 1.90 bits per heavy atom. The standard InChI is InChI=1S/C15H17N3O2/c1-11(9-12-5-3-2-4-6-12)10-16-18-15(20)14(19)17-13-7-8-13/h2-6,9-10,13H,7-8H2,1H3,(H,17,19)(H,18,20)/b11-9+,16-10-. The van der Waals surface area contributed by atoms with E-state index in [2.05, 4.69) is 15.8 Å². The number of amides is 2. The molecule has 1 aliphatic rings. The Balaban J connectivity index is 1.81. The number of rotatable bonds is 4. The summed E-state index contributed by atoms with van der Waals surface area (Å²) in [5.74, 6) is -1.37. The van der Waals surface area contributed by atoms with Gasteiger partial charge in [0.15, 0.2) is 0 Å². The molecule has 1 aliphatic carbocycles. The van der Waals surface area contributed by atoms with E-state index < -0.39 is 11.8 Å². The van der Waals surface area contributed by atoms with E-state index in [0.29, 0.717) is 0 Å². The highest BCUT2D eigenvalue weighted by Gasteiger charge is 2.26. The summed E-state index contributed by atoms with van der Waals surface area (Å²) in [7, 11) is 0. The van der Waals surface area contributed by atoms with Gasteiger partial charge in [-0.25, -0.2) is 5.43 Å². The molecule has 1 fully saturated rings. The molecule has 20 heavy (non-hydrogen) atoms. The fourth-order valence-electron chi connectivity index (χ4n) is 1.57. The highest BCUT2D eigenvalue weighted by Crippen LogP contribution is 2.18. The number of allylic oxidation sites excluding steroid dienone is 1. The lowest BCUT2D eigenvalue weighted by molar-refractivity contribution is -0.139. The number of hydrogen-bond donors (Lipinski definition) is 2. The van der Waals surface area contributed by atoms with Crippen LogP contribution in [0.3, 0.4) is 0 Å². The lowest BCUT2D eigenvalue weighted by atomic mass is 10.1. The van der Waals surface area contributed by atoms with Gasteiger partial charge in [0.25, 0.3) is 0 Å². The lowest BCUT2D eigenvalue weighted by Crippen LogP contribution is -2.38. The van der Waals surface area contributed by atoms with Crippen molar-refractivity contribution in [2.75, 3.05) is 0 Å². The van der Waals surface area contributed by atoms with Crippen molar-refractivity contribution in [3.05, 3.63) is 41.5 Å². The number of nitrogens with zero attached hydrogens (tertiary/aromatic N) is 1. The molecule has 0 bridgehead atoms. The van der Waals surface area contributed by atoms with Crippen LogP contribution in [-0.4, -0.2) is 24.1 Å². The molecule has 5 nitrogen and oxygen atoms in total. The van der Waals surface area contributed by atoms with Crippen LogP contribution in [0, 0.1) is 0 Å². The Hall–Kier alpha value is -2.43. The number of hydrogen-bond acceptors (Lipinski definition) is 3. The van der Waals surface area contributed by atoms with Crippen molar-refractivity contribution < 1.29 is 9.59 Å². The Labute approximate surface area is 117 Å². The number of benzene rings is 1. The predicted molar refractivity (Wildman–Crippen MR) is 77.9 cm³/mol. The van der Waals surface area contributed by atoms with Crippen LogP contribution >= 0.6 is 0 Å². The van der Waals surface area contributed by atoms with Crippen LogP contribution in [0.15, 0.2) is 41.0 Å². The van der Waals surface area contributed by atoms with E-state index in [9.17, 15) is 9.59 Å². The molecule has 0 heterocycles. The van der Waals surface area contributed by atoms with Crippen LogP contribution in [0.5, 0.6) is 0 Å². The summed E-state index contributed by atoms with van der Waals surface area (Å²) in [5.41, 5.74) is 4.13. The molecule has 1 saturated carbocycles. The minimum atomic E-state index is -0.735. The van der Waals surface area contributed by atoms with E-state index in [1.807, 2.05) is 43.3 Å². The third-order valence-corrected chi connectivity index (χ3v) is 2.75. The van der Waals surface area contributed by atoms with Crippen LogP contribution in [0.2, 0.25) is 0 Å². The molecule has 0 aliphatic heterocycles. The lowest BCUT2D eigenvalue weighted by Gasteiger charge is -2.00. The van der Waals surface area contributed by atoms with Crippen LogP contribution in [-0.2, 0) is 9.59 Å². The molecule has 2 N–H and O–H groups in total. The fourth-order valence-corrected chi connectivity index (χ4v) is 1.57.